The number of phenols is 1. The van der Waals surface area contributed by atoms with E-state index in [2.05, 4.69) is 9.71 Å². The molecule has 9 heteroatoms. The van der Waals surface area contributed by atoms with Crippen LogP contribution in [-0.4, -0.2) is 50.6 Å². The van der Waals surface area contributed by atoms with Gasteiger partial charge < -0.3 is 15.3 Å². The Hall–Kier alpha value is -1.80. The van der Waals surface area contributed by atoms with Gasteiger partial charge >= 0.3 is 0 Å². The van der Waals surface area contributed by atoms with Gasteiger partial charge in [-0.25, -0.2) is 0 Å². The largest absolute Gasteiger partial charge is 0.506 e. The van der Waals surface area contributed by atoms with Gasteiger partial charge in [-0.05, 0) is 36.5 Å². The highest BCUT2D eigenvalue weighted by molar-refractivity contribution is 7.90. The lowest BCUT2D eigenvalue weighted by molar-refractivity contribution is -0.118. The topological polar surface area (TPSA) is 99.1 Å². The van der Waals surface area contributed by atoms with Gasteiger partial charge in [0.25, 0.3) is 10.0 Å². The second-order valence-corrected chi connectivity index (χ2v) is 7.63. The van der Waals surface area contributed by atoms with Crippen molar-refractivity contribution in [3.8, 4) is 5.75 Å². The second-order valence-electron chi connectivity index (χ2n) is 5.76. The highest BCUT2D eigenvalue weighted by atomic mass is 35.5. The van der Waals surface area contributed by atoms with Crippen molar-refractivity contribution in [3.63, 3.8) is 0 Å². The van der Waals surface area contributed by atoms with Crippen LogP contribution in [0.4, 0.5) is 0 Å². The summed E-state index contributed by atoms with van der Waals surface area (Å²) in [5.41, 5.74) is 2.17. The molecule has 0 unspecified atom stereocenters. The normalized spacial score (nSPS) is 14.0. The molecule has 0 atom stereocenters. The third kappa shape index (κ3) is 3.99. The molecular weight excluding hydrogens is 354 g/mol. The highest BCUT2D eigenvalue weighted by Gasteiger charge is 2.27. The van der Waals surface area contributed by atoms with Crippen molar-refractivity contribution in [2.45, 2.75) is 30.7 Å². The Morgan fingerprint density at radius 2 is 2.17 bits per heavy atom. The van der Waals surface area contributed by atoms with Crippen molar-refractivity contribution in [2.75, 3.05) is 20.0 Å². The zero-order chi connectivity index (χ0) is 17.9. The number of hydrogen-bond donors (Lipinski definition) is 2. The number of amides is 1. The molecular formula is C15H20ClN3O4S. The van der Waals surface area contributed by atoms with Crippen molar-refractivity contribution >= 4 is 33.9 Å². The number of hydrogen-bond acceptors (Lipinski definition) is 4. The molecule has 1 aliphatic carbocycles. The Morgan fingerprint density at radius 1 is 1.46 bits per heavy atom. The van der Waals surface area contributed by atoms with E-state index in [1.807, 2.05) is 0 Å². The third-order valence-corrected chi connectivity index (χ3v) is 5.21. The molecule has 1 amide bonds. The van der Waals surface area contributed by atoms with Crippen molar-refractivity contribution in [1.82, 2.24) is 10.2 Å². The van der Waals surface area contributed by atoms with Crippen LogP contribution in [0.2, 0.25) is 0 Å². The first-order valence-corrected chi connectivity index (χ1v) is 9.40. The molecule has 1 aromatic rings. The molecule has 1 aliphatic rings. The number of aromatic hydroxyl groups is 1. The van der Waals surface area contributed by atoms with E-state index < -0.39 is 10.0 Å². The van der Waals surface area contributed by atoms with E-state index in [9.17, 15) is 18.3 Å². The Morgan fingerprint density at radius 3 is 2.79 bits per heavy atom. The summed E-state index contributed by atoms with van der Waals surface area (Å²) in [6, 6.07) is 1.48. The van der Waals surface area contributed by atoms with Crippen molar-refractivity contribution < 1.29 is 18.3 Å². The summed E-state index contributed by atoms with van der Waals surface area (Å²) in [7, 11) is -0.740. The van der Waals surface area contributed by atoms with Gasteiger partial charge in [0.05, 0.1) is 0 Å². The fraction of sp³-hybridized carbons (Fsp3) is 0.467. The molecule has 0 spiro atoms. The predicted molar refractivity (Wildman–Crippen MR) is 92.1 cm³/mol. The summed E-state index contributed by atoms with van der Waals surface area (Å²) >= 11 is 5.46. The van der Waals surface area contributed by atoms with Crippen LogP contribution in [0, 0.1) is 0 Å². The minimum absolute atomic E-state index is 0.0282. The summed E-state index contributed by atoms with van der Waals surface area (Å²) in [5.74, 6) is -0.947. The van der Waals surface area contributed by atoms with Crippen LogP contribution in [0.3, 0.4) is 0 Å². The van der Waals surface area contributed by atoms with E-state index in [4.69, 9.17) is 11.6 Å². The van der Waals surface area contributed by atoms with Gasteiger partial charge in [0.2, 0.25) is 5.91 Å². The van der Waals surface area contributed by atoms with Gasteiger partial charge in [0.1, 0.15) is 22.9 Å². The second kappa shape index (κ2) is 7.40. The van der Waals surface area contributed by atoms with Gasteiger partial charge in [-0.1, -0.05) is 0 Å². The molecule has 0 bridgehead atoms. The third-order valence-electron chi connectivity index (χ3n) is 3.73. The van der Waals surface area contributed by atoms with Crippen LogP contribution in [0.15, 0.2) is 15.4 Å². The van der Waals surface area contributed by atoms with Gasteiger partial charge in [0.15, 0.2) is 0 Å². The molecule has 0 aromatic heterocycles. The maximum Gasteiger partial charge on any atom is 0.287 e. The summed E-state index contributed by atoms with van der Waals surface area (Å²) in [4.78, 5) is 12.6. The minimum Gasteiger partial charge on any atom is -0.506 e. The van der Waals surface area contributed by atoms with E-state index >= 15 is 0 Å². The smallest absolute Gasteiger partial charge is 0.287 e. The molecule has 2 N–H and O–H groups in total. The van der Waals surface area contributed by atoms with Crippen LogP contribution in [0.25, 0.3) is 0 Å². The first-order valence-electron chi connectivity index (χ1n) is 7.42. The lowest BCUT2D eigenvalue weighted by Crippen LogP contribution is -2.24. The molecule has 0 radical (unpaired) electrons. The van der Waals surface area contributed by atoms with Gasteiger partial charge in [-0.2, -0.15) is 8.42 Å². The van der Waals surface area contributed by atoms with Crippen LogP contribution in [-0.2, 0) is 34.2 Å². The number of sulfonamides is 1. The van der Waals surface area contributed by atoms with E-state index in [1.165, 1.54) is 11.0 Å². The standard InChI is InChI=1S/C15H20ClN3O4S/c1-19(2)9-18-24(22,23)13-6-10-4-3-5-11(10)12(15(13)21)8-17-14(20)7-16/h6,9,21H,3-5,7-8H2,1-2H3,(H,17,20)/b18-9+. The van der Waals surface area contributed by atoms with E-state index in [0.29, 0.717) is 5.56 Å². The maximum absolute atomic E-state index is 12.4. The Kier molecular flexibility index (Phi) is 5.71. The van der Waals surface area contributed by atoms with Crippen LogP contribution in [0.5, 0.6) is 5.75 Å². The average molecular weight is 374 g/mol. The lowest BCUT2D eigenvalue weighted by atomic mass is 10.0. The summed E-state index contributed by atoms with van der Waals surface area (Å²) in [6.07, 6.45) is 3.49. The van der Waals surface area contributed by atoms with E-state index in [0.717, 1.165) is 36.7 Å². The first kappa shape index (κ1) is 18.5. The average Bonchev–Trinajstić information content (AvgIpc) is 2.99. The van der Waals surface area contributed by atoms with E-state index in [1.54, 1.807) is 14.1 Å². The fourth-order valence-electron chi connectivity index (χ4n) is 2.62. The molecule has 0 heterocycles. The number of fused-ring (bicyclic) bond motifs is 1. The number of benzene rings is 1. The fourth-order valence-corrected chi connectivity index (χ4v) is 3.80. The number of halogens is 1. The summed E-state index contributed by atoms with van der Waals surface area (Å²) < 4.78 is 28.4. The zero-order valence-corrected chi connectivity index (χ0v) is 15.1. The minimum atomic E-state index is -4.04. The SMILES string of the molecule is CN(C)/C=N/S(=O)(=O)c1cc2c(c(CNC(=O)CCl)c1O)CCC2. The Balaban J connectivity index is 2.49. The Bertz CT molecular complexity index is 775. The number of aryl methyl sites for hydroxylation is 1. The van der Waals surface area contributed by atoms with E-state index in [-0.39, 0.29) is 29.0 Å². The Labute approximate surface area is 146 Å². The molecule has 24 heavy (non-hydrogen) atoms. The summed E-state index contributed by atoms with van der Waals surface area (Å²) in [6.45, 7) is 0.0282. The number of carbonyl (C=O) groups is 1. The maximum atomic E-state index is 12.4. The lowest BCUT2D eigenvalue weighted by Gasteiger charge is -2.15. The molecule has 132 valence electrons. The van der Waals surface area contributed by atoms with Crippen LogP contribution in [0.1, 0.15) is 23.1 Å². The molecule has 0 saturated heterocycles. The van der Waals surface area contributed by atoms with Crippen molar-refractivity contribution in [3.05, 3.63) is 22.8 Å². The molecule has 2 rings (SSSR count). The molecule has 0 aliphatic heterocycles. The molecule has 0 fully saturated rings. The molecule has 0 saturated carbocycles. The number of rotatable bonds is 6. The number of alkyl halides is 1. The zero-order valence-electron chi connectivity index (χ0n) is 13.5. The number of phenolic OH excluding ortho intramolecular Hbond substituents is 1. The number of carbonyl (C=O) groups excluding carboxylic acids is 1. The van der Waals surface area contributed by atoms with Crippen molar-refractivity contribution in [2.24, 2.45) is 4.40 Å². The quantitative estimate of drug-likeness (QED) is 0.440. The first-order chi connectivity index (χ1) is 11.3. The van der Waals surface area contributed by atoms with Gasteiger partial charge in [-0.3, -0.25) is 4.79 Å². The number of nitrogens with one attached hydrogen (secondary N) is 1. The molecule has 1 aromatic carbocycles. The highest BCUT2D eigenvalue weighted by Crippen LogP contribution is 2.37. The number of nitrogens with zero attached hydrogens (tertiary/aromatic N) is 2. The van der Waals surface area contributed by atoms with Crippen molar-refractivity contribution in [1.29, 1.82) is 0 Å². The monoisotopic (exact) mass is 373 g/mol. The van der Waals surface area contributed by atoms with Crippen LogP contribution >= 0.6 is 11.6 Å². The summed E-state index contributed by atoms with van der Waals surface area (Å²) in [5, 5.41) is 13.1. The van der Waals surface area contributed by atoms with Gasteiger partial charge in [-0.15, -0.1) is 16.0 Å². The van der Waals surface area contributed by atoms with Gasteiger partial charge in [0, 0.05) is 26.2 Å². The van der Waals surface area contributed by atoms with Crippen LogP contribution < -0.4 is 5.32 Å². The predicted octanol–water partition coefficient (Wildman–Crippen LogP) is 1.01. The molecule has 7 nitrogen and oxygen atoms in total.